The molecule has 7 heteroatoms. The first-order valence-electron chi connectivity index (χ1n) is 9.52. The monoisotopic (exact) mass is 392 g/mol. The van der Waals surface area contributed by atoms with Crippen molar-refractivity contribution in [2.24, 2.45) is 0 Å². The molecule has 2 aromatic rings. The average Bonchev–Trinajstić information content (AvgIpc) is 3.26. The molecule has 0 spiro atoms. The molecule has 1 N–H and O–H groups in total. The van der Waals surface area contributed by atoms with Crippen LogP contribution in [0, 0.1) is 0 Å². The third-order valence-corrected chi connectivity index (χ3v) is 5.45. The maximum atomic E-state index is 12.9. The van der Waals surface area contributed by atoms with Crippen LogP contribution >= 0.6 is 0 Å². The van der Waals surface area contributed by atoms with Crippen molar-refractivity contribution in [2.75, 3.05) is 6.54 Å². The first-order chi connectivity index (χ1) is 14.0. The van der Waals surface area contributed by atoms with Gasteiger partial charge in [-0.25, -0.2) is 0 Å². The summed E-state index contributed by atoms with van der Waals surface area (Å²) in [5.74, 6) is -2.05. The number of hydrogen-bond donors (Lipinski definition) is 1. The Balaban J connectivity index is 1.57. The molecule has 3 amide bonds. The lowest BCUT2D eigenvalue weighted by Crippen LogP contribution is -2.36. The molecule has 7 nitrogen and oxygen atoms in total. The van der Waals surface area contributed by atoms with E-state index in [2.05, 4.69) is 0 Å². The molecule has 4 rings (SSSR count). The van der Waals surface area contributed by atoms with Crippen LogP contribution in [0.15, 0.2) is 48.5 Å². The summed E-state index contributed by atoms with van der Waals surface area (Å²) in [4.78, 5) is 52.2. The fourth-order valence-electron chi connectivity index (χ4n) is 4.02. The minimum Gasteiger partial charge on any atom is -0.481 e. The van der Waals surface area contributed by atoms with Gasteiger partial charge in [-0.05, 0) is 36.6 Å². The Labute approximate surface area is 167 Å². The van der Waals surface area contributed by atoms with Crippen LogP contribution in [-0.4, -0.2) is 51.2 Å². The lowest BCUT2D eigenvalue weighted by molar-refractivity contribution is -0.137. The number of rotatable bonds is 5. The molecule has 29 heavy (non-hydrogen) atoms. The van der Waals surface area contributed by atoms with Gasteiger partial charge >= 0.3 is 5.97 Å². The number of hydrogen-bond acceptors (Lipinski definition) is 4. The fraction of sp³-hybridized carbons (Fsp3) is 0.273. The first kappa shape index (κ1) is 18.9. The van der Waals surface area contributed by atoms with Gasteiger partial charge in [0.15, 0.2) is 0 Å². The summed E-state index contributed by atoms with van der Waals surface area (Å²) in [7, 11) is 0. The van der Waals surface area contributed by atoms with E-state index in [1.807, 2.05) is 30.3 Å². The van der Waals surface area contributed by atoms with Gasteiger partial charge in [0, 0.05) is 18.2 Å². The number of aliphatic carboxylic acids is 1. The van der Waals surface area contributed by atoms with Crippen molar-refractivity contribution in [3.63, 3.8) is 0 Å². The molecule has 2 aliphatic heterocycles. The van der Waals surface area contributed by atoms with Crippen LogP contribution in [0.25, 0.3) is 0 Å². The standard InChI is InChI=1S/C22H20N2O5/c25-19(26)12-16-7-4-10-23(16)20(27)15-8-9-17-18(11-15)22(29)24(21(17)28)13-14-5-2-1-3-6-14/h1-3,5-6,8-9,11,16H,4,7,10,12-13H2,(H,25,26). The zero-order valence-electron chi connectivity index (χ0n) is 15.7. The number of carbonyl (C=O) groups excluding carboxylic acids is 3. The van der Waals surface area contributed by atoms with E-state index in [-0.39, 0.29) is 41.9 Å². The second-order valence-corrected chi connectivity index (χ2v) is 7.33. The van der Waals surface area contributed by atoms with E-state index in [1.54, 1.807) is 4.90 Å². The molecule has 2 heterocycles. The quantitative estimate of drug-likeness (QED) is 0.789. The predicted octanol–water partition coefficient (Wildman–Crippen LogP) is 2.56. The molecule has 0 radical (unpaired) electrons. The fourth-order valence-corrected chi connectivity index (χ4v) is 4.02. The van der Waals surface area contributed by atoms with Crippen LogP contribution in [0.1, 0.15) is 55.9 Å². The van der Waals surface area contributed by atoms with Crippen molar-refractivity contribution in [3.05, 3.63) is 70.8 Å². The van der Waals surface area contributed by atoms with E-state index in [0.717, 1.165) is 12.0 Å². The smallest absolute Gasteiger partial charge is 0.305 e. The summed E-state index contributed by atoms with van der Waals surface area (Å²) in [6.07, 6.45) is 1.29. The lowest BCUT2D eigenvalue weighted by Gasteiger charge is -2.23. The average molecular weight is 392 g/mol. The third kappa shape index (κ3) is 3.51. The first-order valence-corrected chi connectivity index (χ1v) is 9.52. The number of imide groups is 1. The van der Waals surface area contributed by atoms with Crippen molar-refractivity contribution < 1.29 is 24.3 Å². The molecule has 2 aliphatic rings. The second-order valence-electron chi connectivity index (χ2n) is 7.33. The third-order valence-electron chi connectivity index (χ3n) is 5.45. The van der Waals surface area contributed by atoms with Crippen LogP contribution in [-0.2, 0) is 11.3 Å². The van der Waals surface area contributed by atoms with E-state index >= 15 is 0 Å². The molecule has 0 saturated carbocycles. The van der Waals surface area contributed by atoms with Gasteiger partial charge in [0.05, 0.1) is 24.1 Å². The van der Waals surface area contributed by atoms with Crippen LogP contribution in [0.4, 0.5) is 0 Å². The van der Waals surface area contributed by atoms with Crippen molar-refractivity contribution in [1.82, 2.24) is 9.80 Å². The Bertz CT molecular complexity index is 1000. The summed E-state index contributed by atoms with van der Waals surface area (Å²) >= 11 is 0. The molecule has 1 atom stereocenters. The Hall–Kier alpha value is -3.48. The molecule has 0 aromatic heterocycles. The molecule has 1 saturated heterocycles. The van der Waals surface area contributed by atoms with E-state index in [4.69, 9.17) is 5.11 Å². The van der Waals surface area contributed by atoms with Crippen molar-refractivity contribution in [2.45, 2.75) is 31.8 Å². The highest BCUT2D eigenvalue weighted by Crippen LogP contribution is 2.28. The van der Waals surface area contributed by atoms with Gasteiger partial charge in [0.1, 0.15) is 0 Å². The minimum atomic E-state index is -0.944. The van der Waals surface area contributed by atoms with Crippen molar-refractivity contribution >= 4 is 23.7 Å². The summed E-state index contributed by atoms with van der Waals surface area (Å²) in [5, 5.41) is 9.06. The van der Waals surface area contributed by atoms with Gasteiger partial charge in [-0.3, -0.25) is 24.1 Å². The van der Waals surface area contributed by atoms with Gasteiger partial charge < -0.3 is 10.0 Å². The maximum absolute atomic E-state index is 12.9. The maximum Gasteiger partial charge on any atom is 0.305 e. The van der Waals surface area contributed by atoms with Gasteiger partial charge in [-0.15, -0.1) is 0 Å². The zero-order valence-corrected chi connectivity index (χ0v) is 15.7. The summed E-state index contributed by atoms with van der Waals surface area (Å²) < 4.78 is 0. The summed E-state index contributed by atoms with van der Waals surface area (Å²) in [6, 6.07) is 13.4. The largest absolute Gasteiger partial charge is 0.481 e. The number of fused-ring (bicyclic) bond motifs is 1. The van der Waals surface area contributed by atoms with Crippen LogP contribution in [0.3, 0.4) is 0 Å². The molecule has 0 aliphatic carbocycles. The predicted molar refractivity (Wildman–Crippen MR) is 103 cm³/mol. The van der Waals surface area contributed by atoms with Gasteiger partial charge in [-0.1, -0.05) is 30.3 Å². The molecule has 148 valence electrons. The SMILES string of the molecule is O=C(O)CC1CCCN1C(=O)c1ccc2c(c1)C(=O)N(Cc1ccccc1)C2=O. The Morgan fingerprint density at radius 3 is 2.45 bits per heavy atom. The molecular weight excluding hydrogens is 372 g/mol. The van der Waals surface area contributed by atoms with Crippen LogP contribution < -0.4 is 0 Å². The molecule has 2 aromatic carbocycles. The highest BCUT2D eigenvalue weighted by Gasteiger charge is 2.37. The van der Waals surface area contributed by atoms with E-state index in [0.29, 0.717) is 18.5 Å². The molecular formula is C22H20N2O5. The van der Waals surface area contributed by atoms with E-state index in [1.165, 1.54) is 23.1 Å². The van der Waals surface area contributed by atoms with Crippen LogP contribution in [0.2, 0.25) is 0 Å². The van der Waals surface area contributed by atoms with E-state index < -0.39 is 11.9 Å². The highest BCUT2D eigenvalue weighted by molar-refractivity contribution is 6.22. The Kier molecular flexibility index (Phi) is 4.88. The highest BCUT2D eigenvalue weighted by atomic mass is 16.4. The van der Waals surface area contributed by atoms with Gasteiger partial charge in [-0.2, -0.15) is 0 Å². The minimum absolute atomic E-state index is 0.0983. The molecule has 1 unspecified atom stereocenters. The number of nitrogens with zero attached hydrogens (tertiary/aromatic N) is 2. The van der Waals surface area contributed by atoms with E-state index in [9.17, 15) is 19.2 Å². The summed E-state index contributed by atoms with van der Waals surface area (Å²) in [6.45, 7) is 0.657. The molecule has 0 bridgehead atoms. The zero-order chi connectivity index (χ0) is 20.5. The van der Waals surface area contributed by atoms with Crippen molar-refractivity contribution in [3.8, 4) is 0 Å². The van der Waals surface area contributed by atoms with Crippen molar-refractivity contribution in [1.29, 1.82) is 0 Å². The number of carboxylic acid groups (broad SMARTS) is 1. The lowest BCUT2D eigenvalue weighted by atomic mass is 10.0. The molecule has 1 fully saturated rings. The Morgan fingerprint density at radius 1 is 1.00 bits per heavy atom. The number of benzene rings is 2. The topological polar surface area (TPSA) is 95.0 Å². The number of amides is 3. The Morgan fingerprint density at radius 2 is 1.72 bits per heavy atom. The number of carboxylic acids is 1. The normalized spacial score (nSPS) is 18.3. The van der Waals surface area contributed by atoms with Gasteiger partial charge in [0.25, 0.3) is 17.7 Å². The van der Waals surface area contributed by atoms with Gasteiger partial charge in [0.2, 0.25) is 0 Å². The second kappa shape index (κ2) is 7.50. The van der Waals surface area contributed by atoms with Crippen LogP contribution in [0.5, 0.6) is 0 Å². The summed E-state index contributed by atoms with van der Waals surface area (Å²) in [5.41, 5.74) is 1.63. The number of carbonyl (C=O) groups is 4. The number of likely N-dealkylation sites (tertiary alicyclic amines) is 1.